The molecule has 0 aromatic rings. The zero-order valence-corrected chi connectivity index (χ0v) is 42.1. The second kappa shape index (κ2) is 53.1. The third-order valence-corrected chi connectivity index (χ3v) is 18.6. The summed E-state index contributed by atoms with van der Waals surface area (Å²) in [5.41, 5.74) is 0. The number of carbonyl (C=O) groups excluding carboxylic acids is 2. The Morgan fingerprint density at radius 1 is 0.358 bits per heavy atom. The molecule has 53 heavy (non-hydrogen) atoms. The molecule has 0 radical (unpaired) electrons. The molecule has 0 aliphatic heterocycles. The van der Waals surface area contributed by atoms with E-state index in [0.29, 0.717) is 0 Å². The average Bonchev–Trinajstić information content (AvgIpc) is 3.15. The SMILES string of the molecule is CCCCCCCCSC(SCCCCCCCC)C(=O)[O-].CCCCCCCCSC(SCCCCCCCC)C(=O)[O-].CCC[CH2][Sn+2][CH2]CCC. The van der Waals surface area contributed by atoms with Gasteiger partial charge in [-0.1, -0.05) is 156 Å². The van der Waals surface area contributed by atoms with Gasteiger partial charge < -0.3 is 19.8 Å². The Labute approximate surface area is 359 Å². The second-order valence-electron chi connectivity index (χ2n) is 14.3. The molecule has 0 amide bonds. The van der Waals surface area contributed by atoms with E-state index in [1.807, 2.05) is 0 Å². The summed E-state index contributed by atoms with van der Waals surface area (Å²) in [4.78, 5) is 22.3. The minimum atomic E-state index is -0.896. The van der Waals surface area contributed by atoms with Crippen molar-refractivity contribution in [2.75, 3.05) is 23.0 Å². The van der Waals surface area contributed by atoms with Crippen LogP contribution in [0.3, 0.4) is 0 Å². The average molecular weight is 928 g/mol. The zero-order chi connectivity index (χ0) is 39.9. The topological polar surface area (TPSA) is 80.3 Å². The molecule has 0 aromatic carbocycles. The van der Waals surface area contributed by atoms with Crippen molar-refractivity contribution in [3.63, 3.8) is 0 Å². The molecule has 316 valence electrons. The van der Waals surface area contributed by atoms with E-state index in [2.05, 4.69) is 41.5 Å². The van der Waals surface area contributed by atoms with Crippen molar-refractivity contribution < 1.29 is 19.8 Å². The van der Waals surface area contributed by atoms with E-state index < -0.39 is 11.9 Å². The number of thioether (sulfide) groups is 4. The summed E-state index contributed by atoms with van der Waals surface area (Å²) >= 11 is 6.41. The quantitative estimate of drug-likeness (QED) is 0.0342. The van der Waals surface area contributed by atoms with E-state index in [1.54, 1.807) is 55.9 Å². The van der Waals surface area contributed by atoms with E-state index in [9.17, 15) is 19.8 Å². The van der Waals surface area contributed by atoms with Crippen molar-refractivity contribution in [2.24, 2.45) is 0 Å². The molecule has 0 saturated heterocycles. The van der Waals surface area contributed by atoms with E-state index in [1.165, 1.54) is 154 Å². The summed E-state index contributed by atoms with van der Waals surface area (Å²) in [6.45, 7) is 13.5. The van der Waals surface area contributed by atoms with Crippen LogP contribution in [0, 0.1) is 0 Å². The number of carbonyl (C=O) groups is 2. The fourth-order valence-electron chi connectivity index (χ4n) is 5.39. The summed E-state index contributed by atoms with van der Waals surface area (Å²) in [6, 6.07) is 0. The van der Waals surface area contributed by atoms with Gasteiger partial charge in [-0.05, 0) is 48.7 Å². The fraction of sp³-hybridized carbons (Fsp3) is 0.955. The number of hydrogen-bond donors (Lipinski definition) is 0. The van der Waals surface area contributed by atoms with Crippen LogP contribution in [0.4, 0.5) is 0 Å². The number of carboxylic acid groups (broad SMARTS) is 2. The van der Waals surface area contributed by atoms with Gasteiger partial charge in [0, 0.05) is 0 Å². The number of rotatable bonds is 40. The molecule has 0 unspecified atom stereocenters. The molecule has 0 aliphatic carbocycles. The van der Waals surface area contributed by atoms with Gasteiger partial charge in [0.25, 0.3) is 0 Å². The van der Waals surface area contributed by atoms with Crippen LogP contribution in [-0.2, 0) is 9.59 Å². The zero-order valence-electron chi connectivity index (χ0n) is 36.0. The Kier molecular flexibility index (Phi) is 58.6. The standard InChI is InChI=1S/2C18H36O2S2.2C4H9.Sn/c2*1-3-5-7-9-11-13-15-21-18(17(19)20)22-16-14-12-10-8-6-4-2;2*1-3-4-2;/h2*18H,3-16H2,1-2H3,(H,19,20);2*1,3-4H2,2H3;/q;;;;+2/p-2. The van der Waals surface area contributed by atoms with Crippen molar-refractivity contribution in [3.8, 4) is 0 Å². The fourth-order valence-corrected chi connectivity index (χ4v) is 14.4. The molecule has 0 aromatic heterocycles. The number of unbranched alkanes of at least 4 members (excludes halogenated alkanes) is 22. The van der Waals surface area contributed by atoms with Crippen molar-refractivity contribution >= 4 is 80.1 Å². The first-order chi connectivity index (χ1) is 25.9. The van der Waals surface area contributed by atoms with Gasteiger partial charge >= 0.3 is 69.5 Å². The van der Waals surface area contributed by atoms with Crippen LogP contribution < -0.4 is 10.2 Å². The van der Waals surface area contributed by atoms with Crippen molar-refractivity contribution in [1.82, 2.24) is 0 Å². The monoisotopic (exact) mass is 928 g/mol. The van der Waals surface area contributed by atoms with E-state index in [-0.39, 0.29) is 30.3 Å². The van der Waals surface area contributed by atoms with E-state index >= 15 is 0 Å². The number of carboxylic acids is 2. The number of hydrogen-bond acceptors (Lipinski definition) is 8. The summed E-state index contributed by atoms with van der Waals surface area (Å²) in [5, 5.41) is 22.3. The Bertz CT molecular complexity index is 612. The molecule has 0 spiro atoms. The van der Waals surface area contributed by atoms with Gasteiger partial charge in [0.1, 0.15) is 0 Å². The van der Waals surface area contributed by atoms with Crippen molar-refractivity contribution in [3.05, 3.63) is 0 Å². The van der Waals surface area contributed by atoms with Gasteiger partial charge in [0.2, 0.25) is 0 Å². The Morgan fingerprint density at radius 2 is 0.566 bits per heavy atom. The third kappa shape index (κ3) is 53.1. The minimum absolute atomic E-state index is 0.149. The van der Waals surface area contributed by atoms with Gasteiger partial charge in [-0.2, -0.15) is 0 Å². The maximum atomic E-state index is 11.2. The first-order valence-electron chi connectivity index (χ1n) is 22.4. The molecular formula is C44H88O4S4Sn. The summed E-state index contributed by atoms with van der Waals surface area (Å²) in [5.74, 6) is 2.02. The van der Waals surface area contributed by atoms with Gasteiger partial charge in [-0.3, -0.25) is 0 Å². The van der Waals surface area contributed by atoms with Crippen LogP contribution in [0.15, 0.2) is 0 Å². The summed E-state index contributed by atoms with van der Waals surface area (Å²) in [7, 11) is 0. The van der Waals surface area contributed by atoms with Gasteiger partial charge in [0.05, 0.1) is 21.1 Å². The van der Waals surface area contributed by atoms with Crippen molar-refractivity contribution in [2.45, 2.75) is 239 Å². The Balaban J connectivity index is -0.000000768. The van der Waals surface area contributed by atoms with Crippen LogP contribution in [0.2, 0.25) is 8.87 Å². The van der Waals surface area contributed by atoms with Gasteiger partial charge in [-0.25, -0.2) is 0 Å². The molecule has 0 saturated carbocycles. The first kappa shape index (κ1) is 58.5. The van der Waals surface area contributed by atoms with Crippen LogP contribution in [0.25, 0.3) is 0 Å². The summed E-state index contributed by atoms with van der Waals surface area (Å²) < 4.78 is 2.51. The predicted octanol–water partition coefficient (Wildman–Crippen LogP) is 13.6. The van der Waals surface area contributed by atoms with E-state index in [4.69, 9.17) is 0 Å². The van der Waals surface area contributed by atoms with Crippen LogP contribution in [0.1, 0.15) is 221 Å². The molecule has 0 bridgehead atoms. The van der Waals surface area contributed by atoms with Gasteiger partial charge in [0.15, 0.2) is 0 Å². The molecule has 0 heterocycles. The molecule has 0 atom stereocenters. The first-order valence-corrected chi connectivity index (χ1v) is 30.7. The van der Waals surface area contributed by atoms with Gasteiger partial charge in [-0.15, -0.1) is 47.0 Å². The molecule has 0 rings (SSSR count). The molecule has 0 fully saturated rings. The van der Waals surface area contributed by atoms with Crippen LogP contribution in [-0.4, -0.2) is 65.3 Å². The Hall–Kier alpha value is 1.14. The Morgan fingerprint density at radius 3 is 0.774 bits per heavy atom. The summed E-state index contributed by atoms with van der Waals surface area (Å²) in [6.07, 6.45) is 36.1. The molecule has 0 N–H and O–H groups in total. The second-order valence-corrected chi connectivity index (χ2v) is 24.0. The van der Waals surface area contributed by atoms with Crippen molar-refractivity contribution in [1.29, 1.82) is 0 Å². The molecule has 0 aliphatic rings. The third-order valence-electron chi connectivity index (χ3n) is 8.87. The molecule has 9 heteroatoms. The molecular weight excluding hydrogens is 839 g/mol. The normalized spacial score (nSPS) is 10.9. The molecule has 4 nitrogen and oxygen atoms in total. The van der Waals surface area contributed by atoms with Crippen LogP contribution >= 0.6 is 47.0 Å². The maximum absolute atomic E-state index is 11.2. The predicted molar refractivity (Wildman–Crippen MR) is 246 cm³/mol. The van der Waals surface area contributed by atoms with E-state index in [0.717, 1.165) is 48.7 Å². The van der Waals surface area contributed by atoms with Crippen LogP contribution in [0.5, 0.6) is 0 Å². The number of aliphatic carboxylic acids is 2.